The maximum Gasteiger partial charge on any atom is 0.223 e. The minimum Gasteiger partial charge on any atom is -0.388 e. The van der Waals surface area contributed by atoms with Crippen LogP contribution < -0.4 is 0 Å². The highest BCUT2D eigenvalue weighted by atomic mass is 35.5. The number of rotatable bonds is 5. The molecule has 2 saturated heterocycles. The van der Waals surface area contributed by atoms with E-state index in [4.69, 9.17) is 20.9 Å². The van der Waals surface area contributed by atoms with Crippen molar-refractivity contribution >= 4 is 17.5 Å². The average Bonchev–Trinajstić information content (AvgIpc) is 3.01. The Morgan fingerprint density at radius 3 is 2.69 bits per heavy atom. The van der Waals surface area contributed by atoms with Crippen LogP contribution in [-0.4, -0.2) is 77.5 Å². The van der Waals surface area contributed by atoms with E-state index < -0.39 is 5.60 Å². The highest BCUT2D eigenvalue weighted by Crippen LogP contribution is 2.39. The third-order valence-electron chi connectivity index (χ3n) is 5.70. The summed E-state index contributed by atoms with van der Waals surface area (Å²) in [4.78, 5) is 16.7. The molecular weight excluding hydrogens is 358 g/mol. The van der Waals surface area contributed by atoms with Crippen molar-refractivity contribution < 1.29 is 19.2 Å². The Balaban J connectivity index is 1.55. The molecule has 0 saturated carbocycles. The van der Waals surface area contributed by atoms with Crippen LogP contribution in [0.4, 0.5) is 0 Å². The first-order valence-corrected chi connectivity index (χ1v) is 9.58. The molecule has 146 valence electrons. The number of hydrogen-bond acceptors (Lipinski definition) is 6. The van der Waals surface area contributed by atoms with Crippen LogP contribution in [0, 0.1) is 5.41 Å². The second-order valence-corrected chi connectivity index (χ2v) is 8.37. The summed E-state index contributed by atoms with van der Waals surface area (Å²) in [7, 11) is 0. The minimum atomic E-state index is -0.806. The number of morpholine rings is 1. The van der Waals surface area contributed by atoms with E-state index in [-0.39, 0.29) is 11.3 Å². The van der Waals surface area contributed by atoms with E-state index in [1.807, 2.05) is 18.7 Å². The van der Waals surface area contributed by atoms with Crippen LogP contribution in [0.2, 0.25) is 5.15 Å². The van der Waals surface area contributed by atoms with Gasteiger partial charge in [0.25, 0.3) is 0 Å². The molecule has 0 spiro atoms. The molecule has 1 atom stereocenters. The lowest BCUT2D eigenvalue weighted by atomic mass is 9.69. The number of aryl methyl sites for hydroxylation is 1. The zero-order valence-corrected chi connectivity index (χ0v) is 16.3. The van der Waals surface area contributed by atoms with E-state index in [1.54, 1.807) is 6.07 Å². The predicted molar refractivity (Wildman–Crippen MR) is 97.0 cm³/mol. The van der Waals surface area contributed by atoms with E-state index in [0.717, 1.165) is 13.1 Å². The molecule has 2 aliphatic rings. The number of ether oxygens (including phenoxy) is 1. The Morgan fingerprint density at radius 1 is 1.35 bits per heavy atom. The van der Waals surface area contributed by atoms with Crippen LogP contribution in [0.1, 0.15) is 32.4 Å². The summed E-state index contributed by atoms with van der Waals surface area (Å²) in [5.41, 5.74) is -1.19. The fourth-order valence-electron chi connectivity index (χ4n) is 3.79. The summed E-state index contributed by atoms with van der Waals surface area (Å²) in [6, 6.07) is 1.63. The number of aliphatic hydroxyl groups is 1. The molecule has 1 N–H and O–H groups in total. The van der Waals surface area contributed by atoms with Gasteiger partial charge in [0.05, 0.1) is 18.8 Å². The molecule has 2 aliphatic heterocycles. The van der Waals surface area contributed by atoms with E-state index in [2.05, 4.69) is 10.1 Å². The molecule has 0 aliphatic carbocycles. The molecule has 3 rings (SSSR count). The van der Waals surface area contributed by atoms with Crippen LogP contribution in [0.15, 0.2) is 10.6 Å². The van der Waals surface area contributed by atoms with Crippen molar-refractivity contribution in [1.82, 2.24) is 15.0 Å². The lowest BCUT2D eigenvalue weighted by Gasteiger charge is -2.52. The van der Waals surface area contributed by atoms with Gasteiger partial charge in [-0.05, 0) is 6.42 Å². The summed E-state index contributed by atoms with van der Waals surface area (Å²) >= 11 is 5.73. The van der Waals surface area contributed by atoms with Crippen molar-refractivity contribution in [3.05, 3.63) is 17.0 Å². The zero-order chi connectivity index (χ0) is 18.8. The van der Waals surface area contributed by atoms with Crippen molar-refractivity contribution in [1.29, 1.82) is 0 Å². The SMILES string of the molecule is CC1(C)CN(C(=O)CCc2cc(Cl)no2)CCC1(O)CN1CCOCC1. The van der Waals surface area contributed by atoms with Gasteiger partial charge in [0.2, 0.25) is 5.91 Å². The standard InChI is InChI=1S/C18H28ClN3O4/c1-17(2)12-22(16(23)4-3-14-11-15(19)20-26-14)6-5-18(17,24)13-21-7-9-25-10-8-21/h11,24H,3-10,12-13H2,1-2H3. The number of β-amino-alcohol motifs (C(OH)–C–C–N with tert-alkyl or cyclic N) is 1. The molecule has 1 aromatic rings. The number of halogens is 1. The van der Waals surface area contributed by atoms with Crippen LogP contribution in [-0.2, 0) is 16.0 Å². The Bertz CT molecular complexity index is 630. The number of piperidine rings is 1. The molecule has 8 heteroatoms. The Morgan fingerprint density at radius 2 is 2.08 bits per heavy atom. The Hall–Kier alpha value is -1.15. The van der Waals surface area contributed by atoms with Gasteiger partial charge in [-0.15, -0.1) is 0 Å². The molecule has 7 nitrogen and oxygen atoms in total. The van der Waals surface area contributed by atoms with Gasteiger partial charge in [0, 0.05) is 57.0 Å². The van der Waals surface area contributed by atoms with E-state index >= 15 is 0 Å². The van der Waals surface area contributed by atoms with Gasteiger partial charge >= 0.3 is 0 Å². The van der Waals surface area contributed by atoms with Gasteiger partial charge in [-0.1, -0.05) is 30.6 Å². The number of carbonyl (C=O) groups is 1. The number of aromatic nitrogens is 1. The molecule has 1 unspecified atom stereocenters. The highest BCUT2D eigenvalue weighted by molar-refractivity contribution is 6.29. The monoisotopic (exact) mass is 385 g/mol. The first-order valence-electron chi connectivity index (χ1n) is 9.20. The van der Waals surface area contributed by atoms with E-state index in [1.165, 1.54) is 0 Å². The quantitative estimate of drug-likeness (QED) is 0.829. The third-order valence-corrected chi connectivity index (χ3v) is 5.88. The van der Waals surface area contributed by atoms with E-state index in [0.29, 0.717) is 63.0 Å². The second-order valence-electron chi connectivity index (χ2n) is 7.99. The van der Waals surface area contributed by atoms with Crippen molar-refractivity contribution in [2.75, 3.05) is 45.9 Å². The molecule has 0 radical (unpaired) electrons. The maximum absolute atomic E-state index is 12.6. The number of likely N-dealkylation sites (tertiary alicyclic amines) is 1. The normalized spacial score (nSPS) is 26.8. The predicted octanol–water partition coefficient (Wildman–Crippen LogP) is 1.58. The van der Waals surface area contributed by atoms with Crippen LogP contribution >= 0.6 is 11.6 Å². The molecule has 26 heavy (non-hydrogen) atoms. The van der Waals surface area contributed by atoms with Crippen LogP contribution in [0.5, 0.6) is 0 Å². The summed E-state index contributed by atoms with van der Waals surface area (Å²) in [5.74, 6) is 0.683. The lowest BCUT2D eigenvalue weighted by Crippen LogP contribution is -2.63. The van der Waals surface area contributed by atoms with Gasteiger partial charge in [-0.25, -0.2) is 0 Å². The first-order chi connectivity index (χ1) is 12.3. The van der Waals surface area contributed by atoms with E-state index in [9.17, 15) is 9.90 Å². The highest BCUT2D eigenvalue weighted by Gasteiger charge is 2.49. The second kappa shape index (κ2) is 7.84. The molecule has 3 heterocycles. The molecule has 2 fully saturated rings. The summed E-state index contributed by atoms with van der Waals surface area (Å²) < 4.78 is 10.4. The van der Waals surface area contributed by atoms with Crippen molar-refractivity contribution in [3.63, 3.8) is 0 Å². The topological polar surface area (TPSA) is 79.0 Å². The van der Waals surface area contributed by atoms with Gasteiger partial charge in [-0.3, -0.25) is 9.69 Å². The Labute approximate surface area is 159 Å². The Kier molecular flexibility index (Phi) is 5.91. The van der Waals surface area contributed by atoms with Gasteiger partial charge in [0.15, 0.2) is 5.15 Å². The van der Waals surface area contributed by atoms with Crippen molar-refractivity contribution in [2.45, 2.75) is 38.7 Å². The van der Waals surface area contributed by atoms with Crippen molar-refractivity contribution in [3.8, 4) is 0 Å². The smallest absolute Gasteiger partial charge is 0.223 e. The molecule has 0 bridgehead atoms. The average molecular weight is 386 g/mol. The van der Waals surface area contributed by atoms with Crippen LogP contribution in [0.3, 0.4) is 0 Å². The minimum absolute atomic E-state index is 0.0685. The largest absolute Gasteiger partial charge is 0.388 e. The van der Waals surface area contributed by atoms with Gasteiger partial charge in [-0.2, -0.15) is 0 Å². The lowest BCUT2D eigenvalue weighted by molar-refractivity contribution is -0.157. The maximum atomic E-state index is 12.6. The zero-order valence-electron chi connectivity index (χ0n) is 15.5. The third kappa shape index (κ3) is 4.39. The summed E-state index contributed by atoms with van der Waals surface area (Å²) in [6.45, 7) is 8.96. The summed E-state index contributed by atoms with van der Waals surface area (Å²) in [5, 5.41) is 15.2. The number of nitrogens with zero attached hydrogens (tertiary/aromatic N) is 3. The molecule has 0 aromatic carbocycles. The van der Waals surface area contributed by atoms with Gasteiger partial charge in [0.1, 0.15) is 5.76 Å². The fourth-order valence-corrected chi connectivity index (χ4v) is 3.95. The molecule has 1 aromatic heterocycles. The number of hydrogen-bond donors (Lipinski definition) is 1. The number of amides is 1. The van der Waals surface area contributed by atoms with Crippen molar-refractivity contribution in [2.24, 2.45) is 5.41 Å². The summed E-state index contributed by atoms with van der Waals surface area (Å²) in [6.07, 6.45) is 1.41. The number of carbonyl (C=O) groups excluding carboxylic acids is 1. The molecule has 1 amide bonds. The van der Waals surface area contributed by atoms with Gasteiger partial charge < -0.3 is 19.3 Å². The fraction of sp³-hybridized carbons (Fsp3) is 0.778. The molecular formula is C18H28ClN3O4. The van der Waals surface area contributed by atoms with Crippen LogP contribution in [0.25, 0.3) is 0 Å². The first kappa shape index (κ1) is 19.6.